The van der Waals surface area contributed by atoms with E-state index in [9.17, 15) is 10.1 Å². The predicted molar refractivity (Wildman–Crippen MR) is 75.9 cm³/mol. The molecule has 0 radical (unpaired) electrons. The van der Waals surface area contributed by atoms with Gasteiger partial charge in [0.15, 0.2) is 0 Å². The maximum Gasteiger partial charge on any atom is 0.312 e. The van der Waals surface area contributed by atoms with Gasteiger partial charge >= 0.3 is 5.69 Å². The van der Waals surface area contributed by atoms with E-state index in [1.807, 2.05) is 25.1 Å². The standard InChI is InChI=1S/C13H17N5O2/c1-4-14-12-7-5-6-11(15-12)8-17-10(3)13(18(19)20)9(2)16-17/h5-7H,4,8H2,1-3H3,(H,14,15). The molecule has 2 heterocycles. The van der Waals surface area contributed by atoms with Crippen molar-refractivity contribution in [3.05, 3.63) is 45.4 Å². The zero-order valence-corrected chi connectivity index (χ0v) is 11.8. The third-order valence-corrected chi connectivity index (χ3v) is 3.00. The number of aryl methyl sites for hydroxylation is 1. The number of nitrogens with one attached hydrogen (secondary N) is 1. The lowest BCUT2D eigenvalue weighted by molar-refractivity contribution is -0.386. The van der Waals surface area contributed by atoms with Gasteiger partial charge in [0.1, 0.15) is 17.2 Å². The van der Waals surface area contributed by atoms with Gasteiger partial charge in [-0.25, -0.2) is 4.98 Å². The molecule has 106 valence electrons. The van der Waals surface area contributed by atoms with Gasteiger partial charge < -0.3 is 5.32 Å². The van der Waals surface area contributed by atoms with Gasteiger partial charge in [-0.1, -0.05) is 6.07 Å². The van der Waals surface area contributed by atoms with Crippen LogP contribution < -0.4 is 5.32 Å². The summed E-state index contributed by atoms with van der Waals surface area (Å²) in [7, 11) is 0. The molecule has 7 nitrogen and oxygen atoms in total. The first-order valence-electron chi connectivity index (χ1n) is 6.41. The highest BCUT2D eigenvalue weighted by atomic mass is 16.6. The molecule has 0 spiro atoms. The summed E-state index contributed by atoms with van der Waals surface area (Å²) in [4.78, 5) is 15.0. The summed E-state index contributed by atoms with van der Waals surface area (Å²) in [5.74, 6) is 0.793. The third-order valence-electron chi connectivity index (χ3n) is 3.00. The molecule has 20 heavy (non-hydrogen) atoms. The number of rotatable bonds is 5. The van der Waals surface area contributed by atoms with Crippen LogP contribution in [-0.4, -0.2) is 26.2 Å². The van der Waals surface area contributed by atoms with E-state index < -0.39 is 4.92 Å². The minimum absolute atomic E-state index is 0.0767. The molecule has 2 aromatic heterocycles. The maximum absolute atomic E-state index is 11.0. The third kappa shape index (κ3) is 2.76. The average Bonchev–Trinajstić information content (AvgIpc) is 2.65. The number of nitro groups is 1. The molecule has 1 N–H and O–H groups in total. The summed E-state index contributed by atoms with van der Waals surface area (Å²) in [6, 6.07) is 5.67. The maximum atomic E-state index is 11.0. The van der Waals surface area contributed by atoms with Gasteiger partial charge in [-0.3, -0.25) is 14.8 Å². The zero-order valence-electron chi connectivity index (χ0n) is 11.8. The van der Waals surface area contributed by atoms with Crippen LogP contribution in [0.5, 0.6) is 0 Å². The van der Waals surface area contributed by atoms with Crippen molar-refractivity contribution in [3.63, 3.8) is 0 Å². The van der Waals surface area contributed by atoms with Crippen molar-refractivity contribution < 1.29 is 4.92 Å². The fraction of sp³-hybridized carbons (Fsp3) is 0.385. The zero-order chi connectivity index (χ0) is 14.7. The number of hydrogen-bond acceptors (Lipinski definition) is 5. The summed E-state index contributed by atoms with van der Waals surface area (Å²) in [6.07, 6.45) is 0. The SMILES string of the molecule is CCNc1cccc(Cn2nc(C)c([N+](=O)[O-])c2C)n1. The van der Waals surface area contributed by atoms with Crippen LogP contribution >= 0.6 is 0 Å². The van der Waals surface area contributed by atoms with Crippen LogP contribution in [0.3, 0.4) is 0 Å². The topological polar surface area (TPSA) is 85.9 Å². The summed E-state index contributed by atoms with van der Waals surface area (Å²) in [6.45, 7) is 6.55. The van der Waals surface area contributed by atoms with E-state index in [1.54, 1.807) is 18.5 Å². The van der Waals surface area contributed by atoms with E-state index in [-0.39, 0.29) is 5.69 Å². The Morgan fingerprint density at radius 1 is 1.40 bits per heavy atom. The molecule has 0 bridgehead atoms. The second-order valence-corrected chi connectivity index (χ2v) is 4.48. The number of hydrogen-bond donors (Lipinski definition) is 1. The lowest BCUT2D eigenvalue weighted by atomic mass is 10.3. The molecular formula is C13H17N5O2. The molecule has 2 aromatic rings. The van der Waals surface area contributed by atoms with Crippen LogP contribution in [0.1, 0.15) is 24.0 Å². The molecule has 0 aliphatic carbocycles. The second kappa shape index (κ2) is 5.68. The summed E-state index contributed by atoms with van der Waals surface area (Å²) >= 11 is 0. The first-order chi connectivity index (χ1) is 9.52. The molecule has 0 aliphatic heterocycles. The van der Waals surface area contributed by atoms with Crippen molar-refractivity contribution in [2.75, 3.05) is 11.9 Å². The normalized spacial score (nSPS) is 10.6. The van der Waals surface area contributed by atoms with E-state index in [4.69, 9.17) is 0 Å². The first-order valence-corrected chi connectivity index (χ1v) is 6.41. The predicted octanol–water partition coefficient (Wildman–Crippen LogP) is 2.28. The van der Waals surface area contributed by atoms with Gasteiger partial charge in [0.05, 0.1) is 17.2 Å². The Balaban J connectivity index is 2.28. The summed E-state index contributed by atoms with van der Waals surface area (Å²) in [5.41, 5.74) is 1.86. The molecular weight excluding hydrogens is 258 g/mol. The van der Waals surface area contributed by atoms with E-state index >= 15 is 0 Å². The van der Waals surface area contributed by atoms with Crippen molar-refractivity contribution in [1.82, 2.24) is 14.8 Å². The van der Waals surface area contributed by atoms with Gasteiger partial charge in [0, 0.05) is 6.54 Å². The van der Waals surface area contributed by atoms with Gasteiger partial charge in [-0.2, -0.15) is 5.10 Å². The Hall–Kier alpha value is -2.44. The Morgan fingerprint density at radius 2 is 2.15 bits per heavy atom. The van der Waals surface area contributed by atoms with Crippen molar-refractivity contribution >= 4 is 11.5 Å². The fourth-order valence-corrected chi connectivity index (χ4v) is 2.11. The van der Waals surface area contributed by atoms with Crippen LogP contribution in [0.25, 0.3) is 0 Å². The molecule has 7 heteroatoms. The molecule has 0 saturated heterocycles. The molecule has 0 amide bonds. The highest BCUT2D eigenvalue weighted by Gasteiger charge is 2.21. The van der Waals surface area contributed by atoms with Crippen LogP contribution in [0.15, 0.2) is 18.2 Å². The number of pyridine rings is 1. The second-order valence-electron chi connectivity index (χ2n) is 4.48. The molecule has 0 atom stereocenters. The van der Waals surface area contributed by atoms with Gasteiger partial charge in [0.25, 0.3) is 0 Å². The molecule has 0 unspecified atom stereocenters. The molecule has 0 aromatic carbocycles. The molecule has 0 aliphatic rings. The Bertz CT molecular complexity index is 636. The smallest absolute Gasteiger partial charge is 0.312 e. The van der Waals surface area contributed by atoms with Crippen molar-refractivity contribution in [2.45, 2.75) is 27.3 Å². The largest absolute Gasteiger partial charge is 0.370 e. The quantitative estimate of drug-likeness (QED) is 0.668. The highest BCUT2D eigenvalue weighted by molar-refractivity contribution is 5.40. The Morgan fingerprint density at radius 3 is 2.75 bits per heavy atom. The lowest BCUT2D eigenvalue weighted by Crippen LogP contribution is -2.07. The first kappa shape index (κ1) is 14.0. The van der Waals surface area contributed by atoms with Gasteiger partial charge in [-0.15, -0.1) is 0 Å². The lowest BCUT2D eigenvalue weighted by Gasteiger charge is -2.06. The van der Waals surface area contributed by atoms with Crippen LogP contribution in [0, 0.1) is 24.0 Å². The Kier molecular flexibility index (Phi) is 3.97. The number of aromatic nitrogens is 3. The van der Waals surface area contributed by atoms with E-state index in [2.05, 4.69) is 15.4 Å². The number of anilines is 1. The Labute approximate surface area is 116 Å². The molecule has 0 fully saturated rings. The van der Waals surface area contributed by atoms with Crippen molar-refractivity contribution in [2.24, 2.45) is 0 Å². The monoisotopic (exact) mass is 275 g/mol. The van der Waals surface area contributed by atoms with Crippen LogP contribution in [-0.2, 0) is 6.54 Å². The van der Waals surface area contributed by atoms with Crippen molar-refractivity contribution in [1.29, 1.82) is 0 Å². The summed E-state index contributed by atoms with van der Waals surface area (Å²) < 4.78 is 1.62. The minimum atomic E-state index is -0.392. The average molecular weight is 275 g/mol. The van der Waals surface area contributed by atoms with Crippen LogP contribution in [0.4, 0.5) is 11.5 Å². The van der Waals surface area contributed by atoms with E-state index in [0.29, 0.717) is 17.9 Å². The van der Waals surface area contributed by atoms with Gasteiger partial charge in [0.2, 0.25) is 0 Å². The number of nitrogens with zero attached hydrogens (tertiary/aromatic N) is 4. The molecule has 2 rings (SSSR count). The van der Waals surface area contributed by atoms with Gasteiger partial charge in [-0.05, 0) is 32.9 Å². The van der Waals surface area contributed by atoms with E-state index in [1.165, 1.54) is 0 Å². The highest BCUT2D eigenvalue weighted by Crippen LogP contribution is 2.22. The fourth-order valence-electron chi connectivity index (χ4n) is 2.11. The minimum Gasteiger partial charge on any atom is -0.370 e. The van der Waals surface area contributed by atoms with Crippen LogP contribution in [0.2, 0.25) is 0 Å². The summed E-state index contributed by atoms with van der Waals surface area (Å²) in [5, 5.41) is 18.3. The van der Waals surface area contributed by atoms with Crippen molar-refractivity contribution in [3.8, 4) is 0 Å². The van der Waals surface area contributed by atoms with E-state index in [0.717, 1.165) is 18.1 Å². The molecule has 0 saturated carbocycles.